The van der Waals surface area contributed by atoms with Gasteiger partial charge in [-0.3, -0.25) is 9.59 Å². The van der Waals surface area contributed by atoms with Crippen molar-refractivity contribution in [3.05, 3.63) is 83.9 Å². The standard InChI is InChI=1S/C13H11ClO2.C13H12O3/c2*1-16-11-6-5-9-3-2-4-10(7-13(14)15)12(9)8-11/h2-6,8H,7H2,1H3;2-6,8H,7H2,1H3,(H,14,15)/i2*1D3. The number of fused-ring (bicyclic) bond motifs is 2. The maximum absolute atomic E-state index is 11.0. The van der Waals surface area contributed by atoms with Gasteiger partial charge in [-0.2, -0.15) is 0 Å². The molecule has 0 spiro atoms. The SMILES string of the molecule is [2H]C([2H])([2H])Oc1ccc2cccc(CC(=O)Cl)c2c1.[2H]C([2H])([2H])Oc1ccc2cccc(CC(=O)O)c2c1. The van der Waals surface area contributed by atoms with Crippen LogP contribution in [-0.4, -0.2) is 30.4 Å². The number of benzene rings is 4. The Hall–Kier alpha value is -3.57. The van der Waals surface area contributed by atoms with Crippen molar-refractivity contribution in [1.29, 1.82) is 0 Å². The van der Waals surface area contributed by atoms with Crippen LogP contribution >= 0.6 is 11.6 Å². The molecule has 32 heavy (non-hydrogen) atoms. The van der Waals surface area contributed by atoms with E-state index in [4.69, 9.17) is 34.4 Å². The van der Waals surface area contributed by atoms with Crippen molar-refractivity contribution in [1.82, 2.24) is 0 Å². The molecule has 0 amide bonds. The van der Waals surface area contributed by atoms with Gasteiger partial charge in [-0.15, -0.1) is 0 Å². The Labute approximate surface area is 199 Å². The summed E-state index contributed by atoms with van der Waals surface area (Å²) in [5.41, 5.74) is 1.37. The summed E-state index contributed by atoms with van der Waals surface area (Å²) in [7, 11) is -5.01. The molecule has 0 heterocycles. The van der Waals surface area contributed by atoms with Gasteiger partial charge in [0.25, 0.3) is 0 Å². The van der Waals surface area contributed by atoms with Gasteiger partial charge >= 0.3 is 5.97 Å². The van der Waals surface area contributed by atoms with E-state index < -0.39 is 25.3 Å². The van der Waals surface area contributed by atoms with Gasteiger partial charge in [-0.05, 0) is 68.5 Å². The van der Waals surface area contributed by atoms with E-state index in [0.717, 1.165) is 21.7 Å². The number of halogens is 1. The summed E-state index contributed by atoms with van der Waals surface area (Å²) in [6, 6.07) is 20.5. The second-order valence-corrected chi connectivity index (χ2v) is 7.33. The Kier molecular flexibility index (Phi) is 5.36. The van der Waals surface area contributed by atoms with E-state index in [-0.39, 0.29) is 24.3 Å². The molecule has 4 aromatic carbocycles. The number of carbonyl (C=O) groups is 2. The summed E-state index contributed by atoms with van der Waals surface area (Å²) in [5, 5.41) is 11.6. The van der Waals surface area contributed by atoms with Crippen LogP contribution in [0.1, 0.15) is 19.4 Å². The van der Waals surface area contributed by atoms with Gasteiger partial charge in [0.15, 0.2) is 0 Å². The van der Waals surface area contributed by atoms with Crippen LogP contribution in [0.4, 0.5) is 0 Å². The Morgan fingerprint density at radius 2 is 1.31 bits per heavy atom. The summed E-state index contributed by atoms with van der Waals surface area (Å²) in [6.45, 7) is 0. The van der Waals surface area contributed by atoms with Crippen molar-refractivity contribution in [2.45, 2.75) is 12.8 Å². The van der Waals surface area contributed by atoms with E-state index in [1.165, 1.54) is 0 Å². The highest BCUT2D eigenvalue weighted by atomic mass is 35.5. The molecule has 5 nitrogen and oxygen atoms in total. The third-order valence-corrected chi connectivity index (χ3v) is 4.93. The fourth-order valence-corrected chi connectivity index (χ4v) is 3.52. The Bertz CT molecular complexity index is 1360. The maximum atomic E-state index is 11.0. The highest BCUT2D eigenvalue weighted by Gasteiger charge is 2.07. The number of ether oxygens (including phenoxy) is 2. The fourth-order valence-electron chi connectivity index (χ4n) is 3.38. The molecule has 6 heteroatoms. The minimum Gasteiger partial charge on any atom is -0.497 e. The zero-order valence-electron chi connectivity index (χ0n) is 22.8. The van der Waals surface area contributed by atoms with Crippen LogP contribution in [0.3, 0.4) is 0 Å². The quantitative estimate of drug-likeness (QED) is 0.380. The molecule has 0 bridgehead atoms. The lowest BCUT2D eigenvalue weighted by Crippen LogP contribution is -2.00. The van der Waals surface area contributed by atoms with Crippen molar-refractivity contribution >= 4 is 44.4 Å². The van der Waals surface area contributed by atoms with Crippen molar-refractivity contribution in [3.8, 4) is 11.5 Å². The molecule has 0 saturated carbocycles. The minimum atomic E-state index is -2.52. The number of hydrogen-bond acceptors (Lipinski definition) is 4. The van der Waals surface area contributed by atoms with E-state index in [9.17, 15) is 9.59 Å². The van der Waals surface area contributed by atoms with Crippen LogP contribution in [0.15, 0.2) is 72.8 Å². The number of methoxy groups -OCH3 is 2. The molecule has 0 aliphatic carbocycles. The number of carboxylic acids is 1. The monoisotopic (exact) mass is 456 g/mol. The lowest BCUT2D eigenvalue weighted by Gasteiger charge is -2.06. The summed E-state index contributed by atoms with van der Waals surface area (Å²) >= 11 is 5.40. The lowest BCUT2D eigenvalue weighted by molar-refractivity contribution is -0.136. The molecule has 164 valence electrons. The largest absolute Gasteiger partial charge is 0.497 e. The number of carbonyl (C=O) groups excluding carboxylic acids is 1. The highest BCUT2D eigenvalue weighted by Crippen LogP contribution is 2.25. The smallest absolute Gasteiger partial charge is 0.307 e. The second kappa shape index (κ2) is 10.6. The van der Waals surface area contributed by atoms with Gasteiger partial charge in [0.2, 0.25) is 5.24 Å². The normalized spacial score (nSPS) is 13.9. The first-order valence-corrected chi connectivity index (χ1v) is 9.89. The first-order chi connectivity index (χ1) is 17.7. The van der Waals surface area contributed by atoms with Crippen LogP contribution in [0.2, 0.25) is 0 Å². The van der Waals surface area contributed by atoms with E-state index in [2.05, 4.69) is 0 Å². The number of hydrogen-bond donors (Lipinski definition) is 1. The average molecular weight is 457 g/mol. The molecule has 1 N–H and O–H groups in total. The van der Waals surface area contributed by atoms with Crippen molar-refractivity contribution < 1.29 is 32.4 Å². The topological polar surface area (TPSA) is 72.8 Å². The van der Waals surface area contributed by atoms with E-state index in [0.29, 0.717) is 10.9 Å². The van der Waals surface area contributed by atoms with E-state index in [1.807, 2.05) is 18.2 Å². The van der Waals surface area contributed by atoms with Crippen LogP contribution in [0.5, 0.6) is 11.5 Å². The first-order valence-electron chi connectivity index (χ1n) is 12.5. The van der Waals surface area contributed by atoms with Crippen molar-refractivity contribution in [2.24, 2.45) is 0 Å². The van der Waals surface area contributed by atoms with Gasteiger partial charge in [-0.1, -0.05) is 48.5 Å². The Balaban J connectivity index is 0.000000211. The predicted octanol–water partition coefficient (Wildman–Crippen LogP) is 5.63. The number of aliphatic carboxylic acids is 1. The first kappa shape index (κ1) is 16.1. The van der Waals surface area contributed by atoms with Crippen LogP contribution < -0.4 is 9.47 Å². The predicted molar refractivity (Wildman–Crippen MR) is 127 cm³/mol. The number of carboxylic acid groups (broad SMARTS) is 1. The fraction of sp³-hybridized carbons (Fsp3) is 0.154. The molecule has 4 aromatic rings. The van der Waals surface area contributed by atoms with Gasteiger partial charge in [0.1, 0.15) is 11.5 Å². The van der Waals surface area contributed by atoms with E-state index >= 15 is 0 Å². The molecule has 0 aliphatic heterocycles. The molecule has 0 unspecified atom stereocenters. The average Bonchev–Trinajstić information content (AvgIpc) is 2.77. The molecule has 4 rings (SSSR count). The molecule has 0 saturated heterocycles. The Morgan fingerprint density at radius 1 is 0.812 bits per heavy atom. The lowest BCUT2D eigenvalue weighted by atomic mass is 10.0. The van der Waals surface area contributed by atoms with Crippen LogP contribution in [-0.2, 0) is 22.4 Å². The molecular weight excluding hydrogens is 428 g/mol. The van der Waals surface area contributed by atoms with Crippen LogP contribution in [0, 0.1) is 0 Å². The third-order valence-electron chi connectivity index (χ3n) is 4.79. The Morgan fingerprint density at radius 3 is 1.75 bits per heavy atom. The molecule has 0 aliphatic rings. The van der Waals surface area contributed by atoms with Crippen molar-refractivity contribution in [2.75, 3.05) is 14.1 Å². The summed E-state index contributed by atoms with van der Waals surface area (Å²) in [6.07, 6.45) is -0.0231. The van der Waals surface area contributed by atoms with Crippen molar-refractivity contribution in [3.63, 3.8) is 0 Å². The van der Waals surface area contributed by atoms with Gasteiger partial charge in [0.05, 0.1) is 28.7 Å². The zero-order chi connectivity index (χ0) is 28.1. The summed E-state index contributed by atoms with van der Waals surface area (Å²) in [5.74, 6) is -0.498. The molecule has 0 radical (unpaired) electrons. The summed E-state index contributed by atoms with van der Waals surface area (Å²) < 4.78 is 52.1. The van der Waals surface area contributed by atoms with Gasteiger partial charge in [-0.25, -0.2) is 0 Å². The third kappa shape index (κ3) is 5.77. The number of rotatable bonds is 6. The van der Waals surface area contributed by atoms with Gasteiger partial charge in [0, 0.05) is 6.42 Å². The molecule has 0 fully saturated rings. The molecule has 0 aromatic heterocycles. The minimum absolute atomic E-state index is 0.0934. The van der Waals surface area contributed by atoms with E-state index in [1.54, 1.807) is 54.6 Å². The maximum Gasteiger partial charge on any atom is 0.307 e. The zero-order valence-corrected chi connectivity index (χ0v) is 17.6. The van der Waals surface area contributed by atoms with Gasteiger partial charge < -0.3 is 14.6 Å². The highest BCUT2D eigenvalue weighted by molar-refractivity contribution is 6.63. The molecular formula is C26H23ClO5. The summed E-state index contributed by atoms with van der Waals surface area (Å²) in [4.78, 5) is 21.8. The molecule has 0 atom stereocenters. The second-order valence-electron chi connectivity index (χ2n) is 6.91. The van der Waals surface area contributed by atoms with Crippen LogP contribution in [0.25, 0.3) is 21.5 Å².